The number of fused-ring (bicyclic) bond motifs is 1. The molecular formula is C29H31FN4O2. The standard InChI is InChI=1S/C29H31FN4O2/c1-32-12-14-33(15-13-32)25-9-5-8-22(16-25)28(35)17-23-19-31-26-11-10-24(30)18-27(26)34(29(23)36)20-21-6-3-2-4-7-21/h2-11,16,18,23,31H,12-15,17,19-20H2,1H3/t23-/m0/s1. The van der Waals surface area contributed by atoms with Gasteiger partial charge in [0.25, 0.3) is 0 Å². The lowest BCUT2D eigenvalue weighted by atomic mass is 9.96. The fourth-order valence-electron chi connectivity index (χ4n) is 4.91. The number of carbonyl (C=O) groups excluding carboxylic acids is 2. The SMILES string of the molecule is CN1CCN(c2cccc(C(=O)C[C@H]3CNc4ccc(F)cc4N(Cc4ccccc4)C3=O)c2)CC1. The first kappa shape index (κ1) is 24.0. The highest BCUT2D eigenvalue weighted by Gasteiger charge is 2.32. The van der Waals surface area contributed by atoms with Gasteiger partial charge in [-0.3, -0.25) is 9.59 Å². The summed E-state index contributed by atoms with van der Waals surface area (Å²) in [6, 6.07) is 21.7. The van der Waals surface area contributed by atoms with E-state index >= 15 is 0 Å². The molecule has 6 nitrogen and oxygen atoms in total. The van der Waals surface area contributed by atoms with Crippen LogP contribution < -0.4 is 15.1 Å². The van der Waals surface area contributed by atoms with Gasteiger partial charge in [0.05, 0.1) is 23.8 Å². The lowest BCUT2D eigenvalue weighted by Gasteiger charge is -2.34. The van der Waals surface area contributed by atoms with E-state index in [1.807, 2.05) is 54.6 Å². The molecule has 2 heterocycles. The van der Waals surface area contributed by atoms with Crippen LogP contribution in [0.4, 0.5) is 21.5 Å². The number of carbonyl (C=O) groups is 2. The van der Waals surface area contributed by atoms with Gasteiger partial charge < -0.3 is 20.0 Å². The Morgan fingerprint density at radius 1 is 0.972 bits per heavy atom. The zero-order chi connectivity index (χ0) is 25.1. The van der Waals surface area contributed by atoms with E-state index in [1.165, 1.54) is 12.1 Å². The summed E-state index contributed by atoms with van der Waals surface area (Å²) in [5, 5.41) is 3.28. The lowest BCUT2D eigenvalue weighted by Crippen LogP contribution is -2.44. The number of rotatable bonds is 6. The first-order chi connectivity index (χ1) is 17.5. The van der Waals surface area contributed by atoms with Crippen LogP contribution >= 0.6 is 0 Å². The topological polar surface area (TPSA) is 55.9 Å². The molecule has 0 aliphatic carbocycles. The number of nitrogens with one attached hydrogen (secondary N) is 1. The van der Waals surface area contributed by atoms with E-state index in [1.54, 1.807) is 11.0 Å². The van der Waals surface area contributed by atoms with Crippen molar-refractivity contribution in [1.29, 1.82) is 0 Å². The van der Waals surface area contributed by atoms with Gasteiger partial charge in [-0.2, -0.15) is 0 Å². The van der Waals surface area contributed by atoms with Crippen LogP contribution in [-0.2, 0) is 11.3 Å². The van der Waals surface area contributed by atoms with E-state index in [4.69, 9.17) is 0 Å². The zero-order valence-corrected chi connectivity index (χ0v) is 20.5. The summed E-state index contributed by atoms with van der Waals surface area (Å²) >= 11 is 0. The summed E-state index contributed by atoms with van der Waals surface area (Å²) in [5.41, 5.74) is 3.77. The number of likely N-dealkylation sites (N-methyl/N-ethyl adjacent to an activating group) is 1. The largest absolute Gasteiger partial charge is 0.383 e. The summed E-state index contributed by atoms with van der Waals surface area (Å²) in [4.78, 5) is 33.3. The summed E-state index contributed by atoms with van der Waals surface area (Å²) < 4.78 is 14.2. The van der Waals surface area contributed by atoms with Crippen molar-refractivity contribution in [3.63, 3.8) is 0 Å². The van der Waals surface area contributed by atoms with E-state index < -0.39 is 11.7 Å². The molecule has 36 heavy (non-hydrogen) atoms. The summed E-state index contributed by atoms with van der Waals surface area (Å²) in [7, 11) is 2.11. The molecule has 3 aromatic carbocycles. The Bertz CT molecular complexity index is 1240. The molecular weight excluding hydrogens is 455 g/mol. The van der Waals surface area contributed by atoms with Crippen LogP contribution in [0.1, 0.15) is 22.3 Å². The first-order valence-corrected chi connectivity index (χ1v) is 12.4. The molecule has 0 aromatic heterocycles. The highest BCUT2D eigenvalue weighted by Crippen LogP contribution is 2.33. The average Bonchev–Trinajstić information content (AvgIpc) is 3.02. The number of nitrogens with zero attached hydrogens (tertiary/aromatic N) is 3. The van der Waals surface area contributed by atoms with Crippen LogP contribution in [0.5, 0.6) is 0 Å². The van der Waals surface area contributed by atoms with Crippen molar-refractivity contribution in [3.8, 4) is 0 Å². The van der Waals surface area contributed by atoms with Crippen LogP contribution in [0, 0.1) is 11.7 Å². The molecule has 0 radical (unpaired) electrons. The van der Waals surface area contributed by atoms with Gasteiger partial charge in [0.15, 0.2) is 5.78 Å². The lowest BCUT2D eigenvalue weighted by molar-refractivity contribution is -0.122. The molecule has 2 aliphatic heterocycles. The van der Waals surface area contributed by atoms with Gasteiger partial charge in [0.1, 0.15) is 5.82 Å². The summed E-state index contributed by atoms with van der Waals surface area (Å²) in [6.07, 6.45) is 0.0831. The highest BCUT2D eigenvalue weighted by molar-refractivity contribution is 6.04. The van der Waals surface area contributed by atoms with Crippen LogP contribution in [0.25, 0.3) is 0 Å². The second-order valence-corrected chi connectivity index (χ2v) is 9.62. The second kappa shape index (κ2) is 10.5. The number of amides is 1. The molecule has 1 fully saturated rings. The molecule has 0 unspecified atom stereocenters. The van der Waals surface area contributed by atoms with E-state index in [0.717, 1.165) is 37.4 Å². The minimum atomic E-state index is -0.566. The normalized spacial score (nSPS) is 18.4. The molecule has 7 heteroatoms. The van der Waals surface area contributed by atoms with E-state index in [2.05, 4.69) is 22.2 Å². The molecule has 1 N–H and O–H groups in total. The Morgan fingerprint density at radius 2 is 1.75 bits per heavy atom. The fourth-order valence-corrected chi connectivity index (χ4v) is 4.91. The maximum atomic E-state index is 14.2. The molecule has 0 spiro atoms. The number of benzene rings is 3. The molecule has 0 bridgehead atoms. The number of anilines is 3. The molecule has 1 saturated heterocycles. The van der Waals surface area contributed by atoms with Gasteiger partial charge in [-0.15, -0.1) is 0 Å². The van der Waals surface area contributed by atoms with Crippen LogP contribution in [0.2, 0.25) is 0 Å². The van der Waals surface area contributed by atoms with Gasteiger partial charge in [-0.05, 0) is 42.9 Å². The monoisotopic (exact) mass is 486 g/mol. The molecule has 3 aromatic rings. The van der Waals surface area contributed by atoms with Crippen molar-refractivity contribution in [2.24, 2.45) is 5.92 Å². The van der Waals surface area contributed by atoms with Gasteiger partial charge in [-0.1, -0.05) is 42.5 Å². The highest BCUT2D eigenvalue weighted by atomic mass is 19.1. The van der Waals surface area contributed by atoms with E-state index in [0.29, 0.717) is 30.0 Å². The van der Waals surface area contributed by atoms with Crippen LogP contribution in [-0.4, -0.2) is 56.4 Å². The van der Waals surface area contributed by atoms with Gasteiger partial charge in [-0.25, -0.2) is 4.39 Å². The van der Waals surface area contributed by atoms with Crippen molar-refractivity contribution < 1.29 is 14.0 Å². The second-order valence-electron chi connectivity index (χ2n) is 9.62. The maximum absolute atomic E-state index is 14.2. The Hall–Kier alpha value is -3.71. The van der Waals surface area contributed by atoms with Gasteiger partial charge >= 0.3 is 0 Å². The minimum Gasteiger partial charge on any atom is -0.383 e. The number of piperazine rings is 1. The van der Waals surface area contributed by atoms with Crippen molar-refractivity contribution in [1.82, 2.24) is 4.90 Å². The maximum Gasteiger partial charge on any atom is 0.232 e. The van der Waals surface area contributed by atoms with E-state index in [9.17, 15) is 14.0 Å². The molecule has 5 rings (SSSR count). The predicted octanol–water partition coefficient (Wildman–Crippen LogP) is 4.43. The zero-order valence-electron chi connectivity index (χ0n) is 20.5. The Kier molecular flexibility index (Phi) is 7.00. The Morgan fingerprint density at radius 3 is 2.53 bits per heavy atom. The third-order valence-corrected chi connectivity index (χ3v) is 7.06. The summed E-state index contributed by atoms with van der Waals surface area (Å²) in [6.45, 7) is 4.43. The number of hydrogen-bond acceptors (Lipinski definition) is 5. The number of Topliss-reactive ketones (excluding diaryl/α,β-unsaturated/α-hetero) is 1. The van der Waals surface area contributed by atoms with Crippen LogP contribution in [0.3, 0.4) is 0 Å². The fraction of sp³-hybridized carbons (Fsp3) is 0.310. The average molecular weight is 487 g/mol. The Balaban J connectivity index is 1.37. The first-order valence-electron chi connectivity index (χ1n) is 12.4. The number of hydrogen-bond donors (Lipinski definition) is 1. The third-order valence-electron chi connectivity index (χ3n) is 7.06. The minimum absolute atomic E-state index is 0.0667. The molecule has 186 valence electrons. The smallest absolute Gasteiger partial charge is 0.232 e. The van der Waals surface area contributed by atoms with Crippen molar-refractivity contribution in [2.75, 3.05) is 54.9 Å². The number of halogens is 1. The molecule has 1 atom stereocenters. The number of ketones is 1. The van der Waals surface area contributed by atoms with Crippen molar-refractivity contribution in [3.05, 3.63) is 89.7 Å². The van der Waals surface area contributed by atoms with Crippen LogP contribution in [0.15, 0.2) is 72.8 Å². The van der Waals surface area contributed by atoms with Crippen molar-refractivity contribution in [2.45, 2.75) is 13.0 Å². The molecule has 0 saturated carbocycles. The molecule has 2 aliphatic rings. The summed E-state index contributed by atoms with van der Waals surface area (Å²) in [5.74, 6) is -1.22. The van der Waals surface area contributed by atoms with Gasteiger partial charge in [0.2, 0.25) is 5.91 Å². The van der Waals surface area contributed by atoms with E-state index in [-0.39, 0.29) is 18.1 Å². The van der Waals surface area contributed by atoms with Crippen molar-refractivity contribution >= 4 is 28.8 Å². The third kappa shape index (κ3) is 5.26. The Labute approximate surface area is 211 Å². The quantitative estimate of drug-likeness (QED) is 0.523. The molecule has 1 amide bonds. The predicted molar refractivity (Wildman–Crippen MR) is 141 cm³/mol. The van der Waals surface area contributed by atoms with Gasteiger partial charge in [0, 0.05) is 50.4 Å².